The van der Waals surface area contributed by atoms with Crippen LogP contribution in [-0.4, -0.2) is 60.6 Å². The van der Waals surface area contributed by atoms with Crippen molar-refractivity contribution < 1.29 is 9.53 Å². The van der Waals surface area contributed by atoms with Gasteiger partial charge in [-0.15, -0.1) is 0 Å². The normalized spacial score (nSPS) is 22.8. The van der Waals surface area contributed by atoms with E-state index in [2.05, 4.69) is 32.5 Å². The molecule has 1 atom stereocenters. The Kier molecular flexibility index (Phi) is 4.58. The number of ether oxygens (including phenoxy) is 1. The fraction of sp³-hybridized carbons (Fsp3) is 0.579. The summed E-state index contributed by atoms with van der Waals surface area (Å²) < 4.78 is 5.24. The summed E-state index contributed by atoms with van der Waals surface area (Å²) in [6.07, 6.45) is 3.27. The van der Waals surface area contributed by atoms with Gasteiger partial charge in [0.1, 0.15) is 11.6 Å². The van der Waals surface area contributed by atoms with Gasteiger partial charge in [-0.1, -0.05) is 0 Å². The van der Waals surface area contributed by atoms with Gasteiger partial charge in [0.2, 0.25) is 5.91 Å². The maximum absolute atomic E-state index is 12.7. The Morgan fingerprint density at radius 3 is 3.00 bits per heavy atom. The number of benzene rings is 1. The molecular weight excluding hydrogens is 330 g/mol. The number of likely N-dealkylation sites (tertiary alicyclic amines) is 1. The summed E-state index contributed by atoms with van der Waals surface area (Å²) in [5.41, 5.74) is 2.10. The predicted molar refractivity (Wildman–Crippen MR) is 100 cm³/mol. The monoisotopic (exact) mass is 357 g/mol. The number of likely N-dealkylation sites (N-methyl/N-ethyl adjacent to an activating group) is 1. The Morgan fingerprint density at radius 1 is 1.42 bits per heavy atom. The third-order valence-corrected chi connectivity index (χ3v) is 5.88. The number of hydrogen-bond acceptors (Lipinski definition) is 5. The molecule has 0 saturated carbocycles. The number of aromatic amines is 1. The van der Waals surface area contributed by atoms with Gasteiger partial charge in [0.25, 0.3) is 0 Å². The molecule has 2 fully saturated rings. The molecular formula is C19H27N5O2. The molecule has 1 unspecified atom stereocenters. The molecule has 1 aromatic heterocycles. The van der Waals surface area contributed by atoms with Gasteiger partial charge >= 0.3 is 0 Å². The van der Waals surface area contributed by atoms with Crippen molar-refractivity contribution in [1.29, 1.82) is 0 Å². The van der Waals surface area contributed by atoms with Crippen LogP contribution in [0.2, 0.25) is 0 Å². The minimum Gasteiger partial charge on any atom is -0.497 e. The van der Waals surface area contributed by atoms with Gasteiger partial charge in [-0.25, -0.2) is 4.98 Å². The fourth-order valence-corrected chi connectivity index (χ4v) is 4.42. The fourth-order valence-electron chi connectivity index (χ4n) is 4.42. The van der Waals surface area contributed by atoms with Crippen molar-refractivity contribution in [3.05, 3.63) is 24.0 Å². The SMILES string of the molecule is COc1ccc2nc(CNC(=O)C3CC4(CCNCC4)CN3C)[nH]c2c1. The number of rotatable bonds is 4. The first-order valence-corrected chi connectivity index (χ1v) is 9.30. The van der Waals surface area contributed by atoms with E-state index in [0.717, 1.165) is 61.5 Å². The van der Waals surface area contributed by atoms with Gasteiger partial charge in [-0.2, -0.15) is 0 Å². The maximum atomic E-state index is 12.7. The summed E-state index contributed by atoms with van der Waals surface area (Å²) in [5.74, 6) is 1.65. The largest absolute Gasteiger partial charge is 0.497 e. The first-order chi connectivity index (χ1) is 12.6. The van der Waals surface area contributed by atoms with Crippen LogP contribution in [0.15, 0.2) is 18.2 Å². The Labute approximate surface area is 153 Å². The summed E-state index contributed by atoms with van der Waals surface area (Å²) in [5, 5.41) is 6.48. The number of carbonyl (C=O) groups excluding carboxylic acids is 1. The van der Waals surface area contributed by atoms with Crippen LogP contribution in [-0.2, 0) is 11.3 Å². The number of methoxy groups -OCH3 is 1. The predicted octanol–water partition coefficient (Wildman–Crippen LogP) is 1.26. The van der Waals surface area contributed by atoms with Crippen LogP contribution in [0.25, 0.3) is 11.0 Å². The van der Waals surface area contributed by atoms with E-state index in [-0.39, 0.29) is 11.9 Å². The zero-order chi connectivity index (χ0) is 18.1. The number of piperidine rings is 1. The van der Waals surface area contributed by atoms with Crippen molar-refractivity contribution in [3.8, 4) is 5.75 Å². The van der Waals surface area contributed by atoms with Crippen LogP contribution < -0.4 is 15.4 Å². The standard InChI is InChI=1S/C19H27N5O2/c1-24-12-19(5-7-20-8-6-19)10-16(24)18(25)21-11-17-22-14-4-3-13(26-2)9-15(14)23-17/h3-4,9,16,20H,5-8,10-12H2,1-2H3,(H,21,25)(H,22,23). The summed E-state index contributed by atoms with van der Waals surface area (Å²) in [7, 11) is 3.71. The average molecular weight is 357 g/mol. The van der Waals surface area contributed by atoms with E-state index in [4.69, 9.17) is 4.74 Å². The number of amides is 1. The lowest BCUT2D eigenvalue weighted by atomic mass is 9.77. The molecule has 2 saturated heterocycles. The average Bonchev–Trinajstić information content (AvgIpc) is 3.20. The van der Waals surface area contributed by atoms with E-state index in [1.165, 1.54) is 0 Å². The van der Waals surface area contributed by atoms with Gasteiger partial charge in [0, 0.05) is 12.6 Å². The number of H-pyrrole nitrogens is 1. The zero-order valence-electron chi connectivity index (χ0n) is 15.5. The van der Waals surface area contributed by atoms with Crippen molar-refractivity contribution in [2.45, 2.75) is 31.8 Å². The molecule has 7 nitrogen and oxygen atoms in total. The third-order valence-electron chi connectivity index (χ3n) is 5.88. The molecule has 4 rings (SSSR count). The van der Waals surface area contributed by atoms with E-state index < -0.39 is 0 Å². The molecule has 1 amide bonds. The van der Waals surface area contributed by atoms with Gasteiger partial charge in [0.05, 0.1) is 30.7 Å². The lowest BCUT2D eigenvalue weighted by molar-refractivity contribution is -0.125. The van der Waals surface area contributed by atoms with Crippen LogP contribution >= 0.6 is 0 Å². The Bertz CT molecular complexity index is 796. The number of imidazole rings is 1. The zero-order valence-corrected chi connectivity index (χ0v) is 15.5. The van der Waals surface area contributed by atoms with Crippen LogP contribution in [0.1, 0.15) is 25.1 Å². The van der Waals surface area contributed by atoms with Crippen molar-refractivity contribution in [1.82, 2.24) is 25.5 Å². The van der Waals surface area contributed by atoms with Gasteiger partial charge in [-0.3, -0.25) is 9.69 Å². The number of fused-ring (bicyclic) bond motifs is 1. The van der Waals surface area contributed by atoms with Crippen molar-refractivity contribution in [2.75, 3.05) is 33.8 Å². The van der Waals surface area contributed by atoms with Crippen molar-refractivity contribution in [3.63, 3.8) is 0 Å². The first-order valence-electron chi connectivity index (χ1n) is 9.30. The van der Waals surface area contributed by atoms with E-state index in [1.807, 2.05) is 18.2 Å². The Hall–Kier alpha value is -2.12. The van der Waals surface area contributed by atoms with Crippen LogP contribution in [0, 0.1) is 5.41 Å². The molecule has 140 valence electrons. The van der Waals surface area contributed by atoms with Crippen LogP contribution in [0.4, 0.5) is 0 Å². The highest BCUT2D eigenvalue weighted by molar-refractivity contribution is 5.82. The maximum Gasteiger partial charge on any atom is 0.237 e. The first kappa shape index (κ1) is 17.3. The molecule has 2 aliphatic heterocycles. The van der Waals surface area contributed by atoms with E-state index >= 15 is 0 Å². The quantitative estimate of drug-likeness (QED) is 0.767. The van der Waals surface area contributed by atoms with E-state index in [1.54, 1.807) is 7.11 Å². The summed E-state index contributed by atoms with van der Waals surface area (Å²) >= 11 is 0. The number of nitrogens with zero attached hydrogens (tertiary/aromatic N) is 2. The Morgan fingerprint density at radius 2 is 2.23 bits per heavy atom. The van der Waals surface area contributed by atoms with E-state index in [0.29, 0.717) is 12.0 Å². The van der Waals surface area contributed by atoms with Gasteiger partial charge in [0.15, 0.2) is 0 Å². The molecule has 3 N–H and O–H groups in total. The molecule has 0 aliphatic carbocycles. The van der Waals surface area contributed by atoms with Gasteiger partial charge < -0.3 is 20.4 Å². The second kappa shape index (κ2) is 6.89. The summed E-state index contributed by atoms with van der Waals surface area (Å²) in [4.78, 5) is 22.8. The van der Waals surface area contributed by atoms with Crippen molar-refractivity contribution in [2.24, 2.45) is 5.41 Å². The smallest absolute Gasteiger partial charge is 0.237 e. The van der Waals surface area contributed by atoms with E-state index in [9.17, 15) is 4.79 Å². The highest BCUT2D eigenvalue weighted by Gasteiger charge is 2.45. The molecule has 3 heterocycles. The van der Waals surface area contributed by atoms with Gasteiger partial charge in [-0.05, 0) is 56.9 Å². The molecule has 2 aromatic rings. The molecule has 7 heteroatoms. The van der Waals surface area contributed by atoms with Crippen molar-refractivity contribution >= 4 is 16.9 Å². The molecule has 1 aromatic carbocycles. The highest BCUT2D eigenvalue weighted by Crippen LogP contribution is 2.41. The minimum atomic E-state index is -0.0439. The number of nitrogens with one attached hydrogen (secondary N) is 3. The highest BCUT2D eigenvalue weighted by atomic mass is 16.5. The third kappa shape index (κ3) is 3.29. The number of carbonyl (C=O) groups is 1. The molecule has 0 bridgehead atoms. The number of aromatic nitrogens is 2. The lowest BCUT2D eigenvalue weighted by Crippen LogP contribution is -2.41. The number of hydrogen-bond donors (Lipinski definition) is 3. The molecule has 2 aliphatic rings. The lowest BCUT2D eigenvalue weighted by Gasteiger charge is -2.33. The second-order valence-electron chi connectivity index (χ2n) is 7.67. The van der Waals surface area contributed by atoms with Crippen LogP contribution in [0.3, 0.4) is 0 Å². The topological polar surface area (TPSA) is 82.3 Å². The molecule has 1 spiro atoms. The molecule has 26 heavy (non-hydrogen) atoms. The Balaban J connectivity index is 1.39. The summed E-state index contributed by atoms with van der Waals surface area (Å²) in [6.45, 7) is 3.54. The second-order valence-corrected chi connectivity index (χ2v) is 7.67. The summed E-state index contributed by atoms with van der Waals surface area (Å²) in [6, 6.07) is 5.68. The minimum absolute atomic E-state index is 0.0439. The molecule has 0 radical (unpaired) electrons. The van der Waals surface area contributed by atoms with Crippen LogP contribution in [0.5, 0.6) is 5.75 Å².